The van der Waals surface area contributed by atoms with Crippen LogP contribution in [0.15, 0.2) is 18.5 Å². The Labute approximate surface area is 127 Å². The van der Waals surface area contributed by atoms with E-state index in [1.807, 2.05) is 6.92 Å². The van der Waals surface area contributed by atoms with Crippen LogP contribution in [0, 0.1) is 0 Å². The highest BCUT2D eigenvalue weighted by Crippen LogP contribution is 2.12. The highest BCUT2D eigenvalue weighted by atomic mass is 16.1. The van der Waals surface area contributed by atoms with E-state index in [1.54, 1.807) is 18.5 Å². The third kappa shape index (κ3) is 5.69. The standard InChI is InChI=1S/C15H27N5O/c1-4-20(5-2)10-6-7-12(3)18-15(21)13-8-9-17-11-14(13)19-16/h8-9,11-12,19H,4-7,10,16H2,1-3H3,(H,18,21). The Balaban J connectivity index is 2.43. The summed E-state index contributed by atoms with van der Waals surface area (Å²) in [5, 5.41) is 3.00. The van der Waals surface area contributed by atoms with Gasteiger partial charge < -0.3 is 15.6 Å². The van der Waals surface area contributed by atoms with Gasteiger partial charge in [-0.05, 0) is 45.5 Å². The topological polar surface area (TPSA) is 83.3 Å². The number of aromatic nitrogens is 1. The van der Waals surface area contributed by atoms with Crippen molar-refractivity contribution in [1.29, 1.82) is 0 Å². The van der Waals surface area contributed by atoms with Gasteiger partial charge >= 0.3 is 0 Å². The summed E-state index contributed by atoms with van der Waals surface area (Å²) >= 11 is 0. The second kappa shape index (κ2) is 9.31. The lowest BCUT2D eigenvalue weighted by Gasteiger charge is -2.20. The van der Waals surface area contributed by atoms with Crippen LogP contribution in [0.4, 0.5) is 5.69 Å². The number of hydrogen-bond donors (Lipinski definition) is 3. The molecule has 0 saturated heterocycles. The summed E-state index contributed by atoms with van der Waals surface area (Å²) in [5.41, 5.74) is 3.54. The fourth-order valence-electron chi connectivity index (χ4n) is 2.24. The number of carbonyl (C=O) groups is 1. The molecule has 0 aliphatic carbocycles. The first-order valence-electron chi connectivity index (χ1n) is 7.56. The number of rotatable bonds is 9. The minimum atomic E-state index is -0.124. The number of hydrazine groups is 1. The molecule has 0 bridgehead atoms. The van der Waals surface area contributed by atoms with Gasteiger partial charge in [0.25, 0.3) is 5.91 Å². The maximum absolute atomic E-state index is 12.2. The first-order valence-corrected chi connectivity index (χ1v) is 7.56. The molecule has 0 aromatic carbocycles. The van der Waals surface area contributed by atoms with Crippen LogP contribution in [0.25, 0.3) is 0 Å². The lowest BCUT2D eigenvalue weighted by Crippen LogP contribution is -2.34. The summed E-state index contributed by atoms with van der Waals surface area (Å²) in [5.74, 6) is 5.26. The molecular formula is C15H27N5O. The predicted molar refractivity (Wildman–Crippen MR) is 86.0 cm³/mol. The molecular weight excluding hydrogens is 266 g/mol. The van der Waals surface area contributed by atoms with Crippen molar-refractivity contribution in [3.05, 3.63) is 24.0 Å². The SMILES string of the molecule is CCN(CC)CCCC(C)NC(=O)c1ccncc1NN. The zero-order chi connectivity index (χ0) is 15.7. The molecule has 1 aromatic heterocycles. The van der Waals surface area contributed by atoms with E-state index in [9.17, 15) is 4.79 Å². The highest BCUT2D eigenvalue weighted by Gasteiger charge is 2.13. The van der Waals surface area contributed by atoms with Crippen molar-refractivity contribution in [3.8, 4) is 0 Å². The maximum Gasteiger partial charge on any atom is 0.253 e. The molecule has 1 amide bonds. The first-order chi connectivity index (χ1) is 10.1. The van der Waals surface area contributed by atoms with Gasteiger partial charge in [-0.3, -0.25) is 15.6 Å². The molecule has 0 spiro atoms. The summed E-state index contributed by atoms with van der Waals surface area (Å²) in [4.78, 5) is 18.5. The second-order valence-corrected chi connectivity index (χ2v) is 5.11. The van der Waals surface area contributed by atoms with Crippen molar-refractivity contribution in [2.24, 2.45) is 5.84 Å². The van der Waals surface area contributed by atoms with Gasteiger partial charge in [0.05, 0.1) is 17.4 Å². The third-order valence-corrected chi connectivity index (χ3v) is 3.60. The molecule has 4 N–H and O–H groups in total. The maximum atomic E-state index is 12.2. The number of nitrogens with two attached hydrogens (primary N) is 1. The summed E-state index contributed by atoms with van der Waals surface area (Å²) in [6.45, 7) is 9.56. The third-order valence-electron chi connectivity index (χ3n) is 3.60. The molecule has 0 fully saturated rings. The van der Waals surface area contributed by atoms with Crippen molar-refractivity contribution in [3.63, 3.8) is 0 Å². The Bertz CT molecular complexity index is 434. The van der Waals surface area contributed by atoms with Crippen LogP contribution in [0.5, 0.6) is 0 Å². The smallest absolute Gasteiger partial charge is 0.253 e. The second-order valence-electron chi connectivity index (χ2n) is 5.11. The van der Waals surface area contributed by atoms with E-state index in [0.29, 0.717) is 11.3 Å². The lowest BCUT2D eigenvalue weighted by atomic mass is 10.1. The Kier molecular flexibility index (Phi) is 7.71. The molecule has 1 atom stereocenters. The minimum Gasteiger partial charge on any atom is -0.350 e. The van der Waals surface area contributed by atoms with Crippen molar-refractivity contribution in [1.82, 2.24) is 15.2 Å². The number of anilines is 1. The Hall–Kier alpha value is -1.66. The van der Waals surface area contributed by atoms with E-state index in [4.69, 9.17) is 5.84 Å². The highest BCUT2D eigenvalue weighted by molar-refractivity contribution is 5.99. The van der Waals surface area contributed by atoms with Gasteiger partial charge in [-0.1, -0.05) is 13.8 Å². The molecule has 6 nitrogen and oxygen atoms in total. The summed E-state index contributed by atoms with van der Waals surface area (Å²) in [6, 6.07) is 1.79. The molecule has 0 saturated carbocycles. The van der Waals surface area contributed by atoms with Crippen LogP contribution in [0.1, 0.15) is 44.0 Å². The Morgan fingerprint density at radius 1 is 1.43 bits per heavy atom. The van der Waals surface area contributed by atoms with Crippen LogP contribution in [0.2, 0.25) is 0 Å². The summed E-state index contributed by atoms with van der Waals surface area (Å²) < 4.78 is 0. The van der Waals surface area contributed by atoms with Gasteiger partial charge in [0.1, 0.15) is 0 Å². The number of hydrogen-bond acceptors (Lipinski definition) is 5. The Morgan fingerprint density at radius 2 is 2.14 bits per heavy atom. The van der Waals surface area contributed by atoms with E-state index in [0.717, 1.165) is 32.5 Å². The van der Waals surface area contributed by atoms with Crippen molar-refractivity contribution >= 4 is 11.6 Å². The van der Waals surface area contributed by atoms with Gasteiger partial charge in [-0.25, -0.2) is 0 Å². The van der Waals surface area contributed by atoms with Gasteiger partial charge in [-0.2, -0.15) is 0 Å². The van der Waals surface area contributed by atoms with Crippen molar-refractivity contribution < 1.29 is 4.79 Å². The summed E-state index contributed by atoms with van der Waals surface area (Å²) in [7, 11) is 0. The van der Waals surface area contributed by atoms with Crippen LogP contribution < -0.4 is 16.6 Å². The molecule has 6 heteroatoms. The van der Waals surface area contributed by atoms with Crippen molar-refractivity contribution in [2.45, 2.75) is 39.7 Å². The molecule has 1 rings (SSSR count). The molecule has 0 aliphatic heterocycles. The van der Waals surface area contributed by atoms with Crippen LogP contribution in [-0.2, 0) is 0 Å². The van der Waals surface area contributed by atoms with E-state index in [-0.39, 0.29) is 11.9 Å². The van der Waals surface area contributed by atoms with E-state index >= 15 is 0 Å². The predicted octanol–water partition coefficient (Wildman–Crippen LogP) is 1.61. The van der Waals surface area contributed by atoms with Gasteiger partial charge in [0.15, 0.2) is 0 Å². The number of carbonyl (C=O) groups excluding carboxylic acids is 1. The summed E-state index contributed by atoms with van der Waals surface area (Å²) in [6.07, 6.45) is 5.15. The fourth-order valence-corrected chi connectivity index (χ4v) is 2.24. The van der Waals surface area contributed by atoms with E-state index in [2.05, 4.69) is 34.5 Å². The van der Waals surface area contributed by atoms with Gasteiger partial charge in [0.2, 0.25) is 0 Å². The van der Waals surface area contributed by atoms with E-state index < -0.39 is 0 Å². The molecule has 1 aromatic rings. The number of nitrogens with zero attached hydrogens (tertiary/aromatic N) is 2. The van der Waals surface area contributed by atoms with Gasteiger partial charge in [0, 0.05) is 12.2 Å². The molecule has 21 heavy (non-hydrogen) atoms. The number of amides is 1. The van der Waals surface area contributed by atoms with E-state index in [1.165, 1.54) is 0 Å². The van der Waals surface area contributed by atoms with Gasteiger partial charge in [-0.15, -0.1) is 0 Å². The zero-order valence-electron chi connectivity index (χ0n) is 13.2. The average molecular weight is 293 g/mol. The fraction of sp³-hybridized carbons (Fsp3) is 0.600. The first kappa shape index (κ1) is 17.4. The number of nitrogen functional groups attached to an aromatic ring is 1. The molecule has 1 heterocycles. The van der Waals surface area contributed by atoms with Crippen LogP contribution >= 0.6 is 0 Å². The molecule has 1 unspecified atom stereocenters. The van der Waals surface area contributed by atoms with Crippen LogP contribution in [0.3, 0.4) is 0 Å². The number of pyridine rings is 1. The number of nitrogens with one attached hydrogen (secondary N) is 2. The Morgan fingerprint density at radius 3 is 2.76 bits per heavy atom. The quantitative estimate of drug-likeness (QED) is 0.476. The molecule has 0 aliphatic rings. The monoisotopic (exact) mass is 293 g/mol. The lowest BCUT2D eigenvalue weighted by molar-refractivity contribution is 0.0938. The zero-order valence-corrected chi connectivity index (χ0v) is 13.2. The van der Waals surface area contributed by atoms with Crippen molar-refractivity contribution in [2.75, 3.05) is 25.1 Å². The largest absolute Gasteiger partial charge is 0.350 e. The normalized spacial score (nSPS) is 12.2. The minimum absolute atomic E-state index is 0.124. The molecule has 118 valence electrons. The molecule has 0 radical (unpaired) electrons. The average Bonchev–Trinajstić information content (AvgIpc) is 2.51. The van der Waals surface area contributed by atoms with Crippen LogP contribution in [-0.4, -0.2) is 41.5 Å².